The highest BCUT2D eigenvalue weighted by Gasteiger charge is 2.18. The smallest absolute Gasteiger partial charge is 0.270 e. The average molecular weight is 299 g/mol. The minimum atomic E-state index is -0.258. The van der Waals surface area contributed by atoms with E-state index in [9.17, 15) is 4.79 Å². The van der Waals surface area contributed by atoms with Crippen molar-refractivity contribution in [3.05, 3.63) is 47.5 Å². The van der Waals surface area contributed by atoms with E-state index in [4.69, 9.17) is 5.73 Å². The fraction of sp³-hybridized carbons (Fsp3) is 0.375. The van der Waals surface area contributed by atoms with Crippen LogP contribution in [-0.4, -0.2) is 20.9 Å². The molecule has 2 heterocycles. The fourth-order valence-electron chi connectivity index (χ4n) is 2.27. The summed E-state index contributed by atoms with van der Waals surface area (Å²) in [5.74, 6) is 0.279. The third kappa shape index (κ3) is 4.25. The van der Waals surface area contributed by atoms with Crippen molar-refractivity contribution < 1.29 is 4.79 Å². The molecule has 0 radical (unpaired) electrons. The van der Waals surface area contributed by atoms with Crippen LogP contribution < -0.4 is 11.1 Å². The first-order chi connectivity index (χ1) is 10.5. The van der Waals surface area contributed by atoms with Crippen molar-refractivity contribution in [1.29, 1.82) is 0 Å². The van der Waals surface area contributed by atoms with E-state index in [0.29, 0.717) is 11.6 Å². The van der Waals surface area contributed by atoms with Gasteiger partial charge in [-0.25, -0.2) is 9.97 Å². The summed E-state index contributed by atoms with van der Waals surface area (Å²) < 4.78 is 0. The van der Waals surface area contributed by atoms with Crippen molar-refractivity contribution in [2.45, 2.75) is 33.2 Å². The highest BCUT2D eigenvalue weighted by atomic mass is 16.1. The first-order valence-electron chi connectivity index (χ1n) is 7.27. The molecule has 0 unspecified atom stereocenters. The number of hydrogen-bond donors (Lipinski definition) is 2. The van der Waals surface area contributed by atoms with E-state index in [1.54, 1.807) is 25.4 Å². The summed E-state index contributed by atoms with van der Waals surface area (Å²) in [6.07, 6.45) is 4.30. The molecule has 116 valence electrons. The summed E-state index contributed by atoms with van der Waals surface area (Å²) in [6.45, 7) is 6.01. The first kappa shape index (κ1) is 15.9. The number of anilines is 1. The second-order valence-corrected chi connectivity index (χ2v) is 5.69. The molecule has 2 aromatic heterocycles. The summed E-state index contributed by atoms with van der Waals surface area (Å²) in [6, 6.07) is 5.33. The Morgan fingerprint density at radius 3 is 2.73 bits per heavy atom. The monoisotopic (exact) mass is 299 g/mol. The van der Waals surface area contributed by atoms with Gasteiger partial charge in [-0.1, -0.05) is 19.9 Å². The molecule has 0 aliphatic carbocycles. The second kappa shape index (κ2) is 6.98. The van der Waals surface area contributed by atoms with Crippen LogP contribution in [0.4, 0.5) is 5.95 Å². The molecule has 1 amide bonds. The number of nitrogens with zero attached hydrogens (tertiary/aromatic N) is 3. The van der Waals surface area contributed by atoms with Crippen molar-refractivity contribution in [3.63, 3.8) is 0 Å². The molecule has 3 N–H and O–H groups in total. The van der Waals surface area contributed by atoms with Gasteiger partial charge in [-0.05, 0) is 37.0 Å². The quantitative estimate of drug-likeness (QED) is 0.883. The van der Waals surface area contributed by atoms with Gasteiger partial charge in [0.25, 0.3) is 5.91 Å². The lowest BCUT2D eigenvalue weighted by atomic mass is 9.98. The van der Waals surface area contributed by atoms with Gasteiger partial charge in [-0.3, -0.25) is 9.78 Å². The summed E-state index contributed by atoms with van der Waals surface area (Å²) in [5.41, 5.74) is 7.53. The Balaban J connectivity index is 2.21. The SMILES string of the molecule is Cc1cc(C(=O)N[C@@H](CC(C)C)c2cccnc2)nc(N)n1. The van der Waals surface area contributed by atoms with Crippen molar-refractivity contribution in [2.24, 2.45) is 5.92 Å². The molecule has 6 heteroatoms. The van der Waals surface area contributed by atoms with Crippen LogP contribution >= 0.6 is 0 Å². The van der Waals surface area contributed by atoms with Crippen LogP contribution in [0.25, 0.3) is 0 Å². The summed E-state index contributed by atoms with van der Waals surface area (Å²) in [5, 5.41) is 3.01. The van der Waals surface area contributed by atoms with Crippen LogP contribution in [0.3, 0.4) is 0 Å². The molecule has 6 nitrogen and oxygen atoms in total. The standard InChI is InChI=1S/C16H21N5O/c1-10(2)7-13(12-5-4-6-18-9-12)20-15(22)14-8-11(3)19-16(17)21-14/h4-6,8-10,13H,7H2,1-3H3,(H,20,22)(H2,17,19,21)/t13-/m0/s1. The Morgan fingerprint density at radius 1 is 1.36 bits per heavy atom. The van der Waals surface area contributed by atoms with Gasteiger partial charge in [0.05, 0.1) is 6.04 Å². The van der Waals surface area contributed by atoms with Crippen LogP contribution in [0.2, 0.25) is 0 Å². The second-order valence-electron chi connectivity index (χ2n) is 5.69. The Hall–Kier alpha value is -2.50. The first-order valence-corrected chi connectivity index (χ1v) is 7.27. The van der Waals surface area contributed by atoms with E-state index in [2.05, 4.69) is 34.1 Å². The maximum Gasteiger partial charge on any atom is 0.270 e. The van der Waals surface area contributed by atoms with Crippen LogP contribution in [0.5, 0.6) is 0 Å². The normalized spacial score (nSPS) is 12.2. The topological polar surface area (TPSA) is 93.8 Å². The van der Waals surface area contributed by atoms with E-state index in [0.717, 1.165) is 12.0 Å². The lowest BCUT2D eigenvalue weighted by Crippen LogP contribution is -2.30. The molecular weight excluding hydrogens is 278 g/mol. The molecule has 0 bridgehead atoms. The van der Waals surface area contributed by atoms with Gasteiger partial charge in [0.15, 0.2) is 0 Å². The molecule has 2 aromatic rings. The zero-order valence-corrected chi connectivity index (χ0v) is 13.1. The highest BCUT2D eigenvalue weighted by molar-refractivity contribution is 5.92. The lowest BCUT2D eigenvalue weighted by Gasteiger charge is -2.20. The van der Waals surface area contributed by atoms with E-state index >= 15 is 0 Å². The fourth-order valence-corrected chi connectivity index (χ4v) is 2.27. The molecule has 0 fully saturated rings. The molecular formula is C16H21N5O. The molecule has 0 aliphatic heterocycles. The van der Waals surface area contributed by atoms with Gasteiger partial charge in [-0.2, -0.15) is 0 Å². The van der Waals surface area contributed by atoms with Gasteiger partial charge < -0.3 is 11.1 Å². The maximum atomic E-state index is 12.4. The number of nitrogens with one attached hydrogen (secondary N) is 1. The van der Waals surface area contributed by atoms with Gasteiger partial charge in [0.2, 0.25) is 5.95 Å². The number of aromatic nitrogens is 3. The third-order valence-corrected chi connectivity index (χ3v) is 3.20. The third-order valence-electron chi connectivity index (χ3n) is 3.20. The van der Waals surface area contributed by atoms with Crippen LogP contribution in [0, 0.1) is 12.8 Å². The number of amides is 1. The molecule has 0 saturated heterocycles. The molecule has 1 atom stereocenters. The zero-order chi connectivity index (χ0) is 16.1. The van der Waals surface area contributed by atoms with Gasteiger partial charge in [0, 0.05) is 18.1 Å². The van der Waals surface area contributed by atoms with Crippen LogP contribution in [-0.2, 0) is 0 Å². The zero-order valence-electron chi connectivity index (χ0n) is 13.1. The number of carbonyl (C=O) groups is 1. The Morgan fingerprint density at radius 2 is 2.14 bits per heavy atom. The largest absolute Gasteiger partial charge is 0.368 e. The maximum absolute atomic E-state index is 12.4. The van der Waals surface area contributed by atoms with E-state index in [-0.39, 0.29) is 23.6 Å². The average Bonchev–Trinajstić information content (AvgIpc) is 2.46. The Labute approximate surface area is 130 Å². The van der Waals surface area contributed by atoms with E-state index in [1.807, 2.05) is 12.1 Å². The number of rotatable bonds is 5. The lowest BCUT2D eigenvalue weighted by molar-refractivity contribution is 0.0926. The van der Waals surface area contributed by atoms with E-state index < -0.39 is 0 Å². The van der Waals surface area contributed by atoms with Crippen LogP contribution in [0.1, 0.15) is 48.1 Å². The predicted octanol–water partition coefficient (Wildman–Crippen LogP) is 2.28. The molecule has 22 heavy (non-hydrogen) atoms. The predicted molar refractivity (Wildman–Crippen MR) is 85.1 cm³/mol. The minimum Gasteiger partial charge on any atom is -0.368 e. The van der Waals surface area contributed by atoms with Gasteiger partial charge in [-0.15, -0.1) is 0 Å². The van der Waals surface area contributed by atoms with Gasteiger partial charge in [0.1, 0.15) is 5.69 Å². The molecule has 0 aromatic carbocycles. The molecule has 0 spiro atoms. The van der Waals surface area contributed by atoms with Crippen molar-refractivity contribution in [2.75, 3.05) is 5.73 Å². The van der Waals surface area contributed by atoms with Crippen LogP contribution in [0.15, 0.2) is 30.6 Å². The number of nitrogens with two attached hydrogens (primary N) is 1. The number of nitrogen functional groups attached to an aromatic ring is 1. The van der Waals surface area contributed by atoms with Crippen molar-refractivity contribution >= 4 is 11.9 Å². The molecule has 0 aliphatic rings. The number of aryl methyl sites for hydroxylation is 1. The Bertz CT molecular complexity index is 622. The van der Waals surface area contributed by atoms with Gasteiger partial charge >= 0.3 is 0 Å². The number of carbonyl (C=O) groups excluding carboxylic acids is 1. The Kier molecular flexibility index (Phi) is 5.04. The summed E-state index contributed by atoms with van der Waals surface area (Å²) >= 11 is 0. The summed E-state index contributed by atoms with van der Waals surface area (Å²) in [4.78, 5) is 24.5. The number of hydrogen-bond acceptors (Lipinski definition) is 5. The minimum absolute atomic E-state index is 0.104. The molecule has 0 saturated carbocycles. The molecule has 2 rings (SSSR count). The summed E-state index contributed by atoms with van der Waals surface area (Å²) in [7, 11) is 0. The van der Waals surface area contributed by atoms with Crippen molar-refractivity contribution in [3.8, 4) is 0 Å². The van der Waals surface area contributed by atoms with E-state index in [1.165, 1.54) is 0 Å². The number of pyridine rings is 1. The highest BCUT2D eigenvalue weighted by Crippen LogP contribution is 2.21. The van der Waals surface area contributed by atoms with Crippen molar-refractivity contribution in [1.82, 2.24) is 20.3 Å².